The fourth-order valence-electron chi connectivity index (χ4n) is 1.92. The van der Waals surface area contributed by atoms with Crippen molar-refractivity contribution < 1.29 is 9.53 Å². The Morgan fingerprint density at radius 3 is 2.95 bits per heavy atom. The van der Waals surface area contributed by atoms with Crippen molar-refractivity contribution in [2.45, 2.75) is 19.5 Å². The van der Waals surface area contributed by atoms with Gasteiger partial charge in [0, 0.05) is 19.3 Å². The molecule has 2 aromatic rings. The van der Waals surface area contributed by atoms with Crippen molar-refractivity contribution >= 4 is 11.6 Å². The van der Waals surface area contributed by atoms with Crippen molar-refractivity contribution in [2.24, 2.45) is 5.73 Å². The van der Waals surface area contributed by atoms with E-state index >= 15 is 0 Å². The number of benzene rings is 1. The van der Waals surface area contributed by atoms with Gasteiger partial charge in [-0.3, -0.25) is 4.79 Å². The van der Waals surface area contributed by atoms with Crippen LogP contribution in [0.4, 0.5) is 5.69 Å². The molecule has 0 spiro atoms. The molecule has 7 heteroatoms. The molecule has 7 nitrogen and oxygen atoms in total. The van der Waals surface area contributed by atoms with Crippen LogP contribution < -0.4 is 11.1 Å². The Morgan fingerprint density at radius 2 is 2.24 bits per heavy atom. The molecule has 0 saturated heterocycles. The number of anilines is 1. The van der Waals surface area contributed by atoms with Crippen molar-refractivity contribution in [2.75, 3.05) is 19.0 Å². The lowest BCUT2D eigenvalue weighted by Gasteiger charge is -2.10. The van der Waals surface area contributed by atoms with Crippen LogP contribution in [-0.2, 0) is 29.0 Å². The van der Waals surface area contributed by atoms with Gasteiger partial charge >= 0.3 is 0 Å². The third-order valence-electron chi connectivity index (χ3n) is 2.97. The van der Waals surface area contributed by atoms with E-state index < -0.39 is 0 Å². The summed E-state index contributed by atoms with van der Waals surface area (Å²) in [6.45, 7) is 1.02. The predicted molar refractivity (Wildman–Crippen MR) is 78.6 cm³/mol. The molecule has 0 aliphatic heterocycles. The zero-order chi connectivity index (χ0) is 15.1. The lowest BCUT2D eigenvalue weighted by Crippen LogP contribution is -2.20. The molecule has 0 atom stereocenters. The number of rotatable bonds is 7. The standard InChI is InChI=1S/C14H19N5O2/c1-21-7-6-11-4-2-3-5-13(11)16-14(20)10-19-9-12(8-15)17-18-19/h2-5,9H,6-8,10,15H2,1H3,(H,16,20). The highest BCUT2D eigenvalue weighted by atomic mass is 16.5. The lowest BCUT2D eigenvalue weighted by molar-refractivity contribution is -0.116. The molecule has 0 unspecified atom stereocenters. The van der Waals surface area contributed by atoms with E-state index in [2.05, 4.69) is 15.6 Å². The molecule has 3 N–H and O–H groups in total. The van der Waals surface area contributed by atoms with Gasteiger partial charge in [0.25, 0.3) is 0 Å². The van der Waals surface area contributed by atoms with E-state index in [1.165, 1.54) is 4.68 Å². The Balaban J connectivity index is 1.98. The Hall–Kier alpha value is -2.25. The van der Waals surface area contributed by atoms with E-state index in [1.54, 1.807) is 13.3 Å². The van der Waals surface area contributed by atoms with Crippen LogP contribution in [0.3, 0.4) is 0 Å². The third-order valence-corrected chi connectivity index (χ3v) is 2.97. The molecule has 2 rings (SSSR count). The van der Waals surface area contributed by atoms with Gasteiger partial charge in [-0.05, 0) is 18.1 Å². The van der Waals surface area contributed by atoms with Gasteiger partial charge in [0.2, 0.25) is 5.91 Å². The van der Waals surface area contributed by atoms with E-state index in [1.807, 2.05) is 24.3 Å². The fourth-order valence-corrected chi connectivity index (χ4v) is 1.92. The molecule has 0 aliphatic carbocycles. The second kappa shape index (κ2) is 7.51. The second-order valence-corrected chi connectivity index (χ2v) is 4.56. The summed E-state index contributed by atoms with van der Waals surface area (Å²) < 4.78 is 6.54. The highest BCUT2D eigenvalue weighted by Gasteiger charge is 2.08. The van der Waals surface area contributed by atoms with Crippen molar-refractivity contribution in [3.63, 3.8) is 0 Å². The van der Waals surface area contributed by atoms with Crippen LogP contribution >= 0.6 is 0 Å². The molecule has 0 aliphatic rings. The number of hydrogen-bond acceptors (Lipinski definition) is 5. The Labute approximate surface area is 123 Å². The number of methoxy groups -OCH3 is 1. The van der Waals surface area contributed by atoms with Crippen LogP contribution in [0, 0.1) is 0 Å². The summed E-state index contributed by atoms with van der Waals surface area (Å²) in [6.07, 6.45) is 2.41. The number of carbonyl (C=O) groups excluding carboxylic acids is 1. The first-order chi connectivity index (χ1) is 10.2. The molecule has 0 radical (unpaired) electrons. The molecular formula is C14H19N5O2. The summed E-state index contributed by atoms with van der Waals surface area (Å²) >= 11 is 0. The van der Waals surface area contributed by atoms with Crippen molar-refractivity contribution in [3.8, 4) is 0 Å². The number of aromatic nitrogens is 3. The molecule has 112 valence electrons. The van der Waals surface area contributed by atoms with Gasteiger partial charge in [-0.25, -0.2) is 4.68 Å². The number of amides is 1. The summed E-state index contributed by atoms with van der Waals surface area (Å²) in [5, 5.41) is 10.6. The van der Waals surface area contributed by atoms with Gasteiger partial charge in [-0.15, -0.1) is 5.10 Å². The first kappa shape index (κ1) is 15.1. The number of hydrogen-bond donors (Lipinski definition) is 2. The van der Waals surface area contributed by atoms with E-state index in [9.17, 15) is 4.79 Å². The van der Waals surface area contributed by atoms with Crippen LogP contribution in [-0.4, -0.2) is 34.6 Å². The van der Waals surface area contributed by atoms with Crippen LogP contribution in [0.1, 0.15) is 11.3 Å². The number of nitrogens with zero attached hydrogens (tertiary/aromatic N) is 3. The van der Waals surface area contributed by atoms with E-state index in [-0.39, 0.29) is 12.5 Å². The van der Waals surface area contributed by atoms with Gasteiger partial charge < -0.3 is 15.8 Å². The fraction of sp³-hybridized carbons (Fsp3) is 0.357. The number of para-hydroxylation sites is 1. The van der Waals surface area contributed by atoms with E-state index in [0.717, 1.165) is 17.7 Å². The number of ether oxygens (including phenoxy) is 1. The smallest absolute Gasteiger partial charge is 0.246 e. The first-order valence-corrected chi connectivity index (χ1v) is 6.68. The van der Waals surface area contributed by atoms with E-state index in [0.29, 0.717) is 18.8 Å². The SMILES string of the molecule is COCCc1ccccc1NC(=O)Cn1cc(CN)nn1. The Morgan fingerprint density at radius 1 is 1.43 bits per heavy atom. The minimum Gasteiger partial charge on any atom is -0.384 e. The molecule has 0 fully saturated rings. The lowest BCUT2D eigenvalue weighted by atomic mass is 10.1. The number of carbonyl (C=O) groups is 1. The minimum absolute atomic E-state index is 0.103. The average molecular weight is 289 g/mol. The van der Waals surface area contributed by atoms with Crippen LogP contribution in [0.25, 0.3) is 0 Å². The average Bonchev–Trinajstić information content (AvgIpc) is 2.94. The molecule has 0 saturated carbocycles. The molecule has 21 heavy (non-hydrogen) atoms. The van der Waals surface area contributed by atoms with Crippen molar-refractivity contribution in [3.05, 3.63) is 41.7 Å². The molecule has 0 bridgehead atoms. The largest absolute Gasteiger partial charge is 0.384 e. The number of nitrogens with two attached hydrogens (primary N) is 1. The minimum atomic E-state index is -0.159. The molecule has 1 aromatic carbocycles. The zero-order valence-corrected chi connectivity index (χ0v) is 12.0. The maximum Gasteiger partial charge on any atom is 0.246 e. The Bertz CT molecular complexity index is 597. The summed E-state index contributed by atoms with van der Waals surface area (Å²) in [5.74, 6) is -0.159. The van der Waals surface area contributed by atoms with Gasteiger partial charge in [-0.2, -0.15) is 0 Å². The summed E-state index contributed by atoms with van der Waals surface area (Å²) in [5.41, 5.74) is 7.94. The van der Waals surface area contributed by atoms with E-state index in [4.69, 9.17) is 10.5 Å². The highest BCUT2D eigenvalue weighted by molar-refractivity contribution is 5.91. The van der Waals surface area contributed by atoms with Gasteiger partial charge in [0.1, 0.15) is 6.54 Å². The molecule has 1 heterocycles. The quantitative estimate of drug-likeness (QED) is 0.776. The maximum absolute atomic E-state index is 12.0. The zero-order valence-electron chi connectivity index (χ0n) is 12.0. The topological polar surface area (TPSA) is 95.1 Å². The molecular weight excluding hydrogens is 270 g/mol. The normalized spacial score (nSPS) is 10.6. The second-order valence-electron chi connectivity index (χ2n) is 4.56. The number of nitrogens with one attached hydrogen (secondary N) is 1. The Kier molecular flexibility index (Phi) is 5.42. The van der Waals surface area contributed by atoms with Crippen molar-refractivity contribution in [1.29, 1.82) is 0 Å². The maximum atomic E-state index is 12.0. The summed E-state index contributed by atoms with van der Waals surface area (Å²) in [4.78, 5) is 12.0. The van der Waals surface area contributed by atoms with Crippen LogP contribution in [0.2, 0.25) is 0 Å². The molecule has 1 amide bonds. The van der Waals surface area contributed by atoms with Gasteiger partial charge in [0.05, 0.1) is 18.5 Å². The molecule has 1 aromatic heterocycles. The first-order valence-electron chi connectivity index (χ1n) is 6.68. The monoisotopic (exact) mass is 289 g/mol. The van der Waals surface area contributed by atoms with Crippen LogP contribution in [0.5, 0.6) is 0 Å². The predicted octanol–water partition coefficient (Wildman–Crippen LogP) is 0.564. The van der Waals surface area contributed by atoms with Gasteiger partial charge in [0.15, 0.2) is 0 Å². The van der Waals surface area contributed by atoms with Crippen LogP contribution in [0.15, 0.2) is 30.5 Å². The van der Waals surface area contributed by atoms with Crippen molar-refractivity contribution in [1.82, 2.24) is 15.0 Å². The van der Waals surface area contributed by atoms with Gasteiger partial charge in [-0.1, -0.05) is 23.4 Å². The summed E-state index contributed by atoms with van der Waals surface area (Å²) in [6, 6.07) is 7.66. The summed E-state index contributed by atoms with van der Waals surface area (Å²) in [7, 11) is 1.65. The third kappa shape index (κ3) is 4.37. The highest BCUT2D eigenvalue weighted by Crippen LogP contribution is 2.15.